The second-order valence-electron chi connectivity index (χ2n) is 14.3. The summed E-state index contributed by atoms with van der Waals surface area (Å²) >= 11 is 0. The molecule has 0 spiro atoms. The number of aryl methyl sites for hydroxylation is 2. The van der Waals surface area contributed by atoms with Crippen LogP contribution in [0.5, 0.6) is 5.75 Å². The highest BCUT2D eigenvalue weighted by molar-refractivity contribution is 5.74. The van der Waals surface area contributed by atoms with Gasteiger partial charge in [-0.25, -0.2) is 0 Å². The fraction of sp³-hybridized carbons (Fsp3) is 0.488. The molecule has 5 rings (SSSR count). The molecule has 0 bridgehead atoms. The van der Waals surface area contributed by atoms with Crippen LogP contribution >= 0.6 is 0 Å². The molecule has 2 N–H and O–H groups in total. The Balaban J connectivity index is 0.000000224. The highest BCUT2D eigenvalue weighted by atomic mass is 16.5. The van der Waals surface area contributed by atoms with E-state index in [1.54, 1.807) is 20.1 Å². The maximum absolute atomic E-state index is 9.66. The first-order chi connectivity index (χ1) is 22.4. The molecule has 0 fully saturated rings. The number of aromatic amines is 1. The summed E-state index contributed by atoms with van der Waals surface area (Å²) < 4.78 is 10.8. The van der Waals surface area contributed by atoms with Crippen molar-refractivity contribution in [3.05, 3.63) is 107 Å². The molecule has 0 radical (unpaired) electrons. The van der Waals surface area contributed by atoms with Crippen molar-refractivity contribution in [2.45, 2.75) is 132 Å². The number of H-pyrrole nitrogens is 1. The zero-order valence-corrected chi connectivity index (χ0v) is 31.8. The lowest BCUT2D eigenvalue weighted by Crippen LogP contribution is -2.17. The van der Waals surface area contributed by atoms with Crippen LogP contribution in [0.1, 0.15) is 146 Å². The van der Waals surface area contributed by atoms with Gasteiger partial charge < -0.3 is 19.2 Å². The Hall–Kier alpha value is -3.97. The third-order valence-electron chi connectivity index (χ3n) is 7.50. The maximum Gasteiger partial charge on any atom is 0.151 e. The second kappa shape index (κ2) is 18.5. The van der Waals surface area contributed by atoms with Crippen molar-refractivity contribution in [3.8, 4) is 5.75 Å². The number of pyridine rings is 3. The molecule has 5 aromatic heterocycles. The molecule has 0 aliphatic carbocycles. The fourth-order valence-electron chi connectivity index (χ4n) is 4.38. The van der Waals surface area contributed by atoms with Crippen LogP contribution in [0.3, 0.4) is 0 Å². The van der Waals surface area contributed by atoms with E-state index in [0.717, 1.165) is 33.9 Å². The Morgan fingerprint density at radius 3 is 1.81 bits per heavy atom. The largest absolute Gasteiger partial charge is 0.489 e. The molecular formula is C41H60N4O3. The number of fused-ring (bicyclic) bond motifs is 1. The standard InChI is InChI=1S/C12H19NO.C11H17NO.C9H11NO.C9H13N/c1-8(2)11-6-7-12(10(5)13-11)14-9(3)4;1-8(2)9-5-6-10(12-7-9)11(3,4)13;1-6(2)8-5-9-7(10-8)3-4-11-9;1-7(2)9-5-4-8(3)6-10-9/h6-9H,1-5H3;5-8,13H,1-4H3;3-6,10H,1-2H3;4-7H,1-3H3. The summed E-state index contributed by atoms with van der Waals surface area (Å²) in [5.74, 6) is 2.94. The average Bonchev–Trinajstić information content (AvgIpc) is 3.62. The summed E-state index contributed by atoms with van der Waals surface area (Å²) in [5.41, 5.74) is 8.86. The van der Waals surface area contributed by atoms with E-state index < -0.39 is 5.60 Å². The van der Waals surface area contributed by atoms with Crippen LogP contribution in [0.15, 0.2) is 71.6 Å². The van der Waals surface area contributed by atoms with Crippen LogP contribution in [0, 0.1) is 13.8 Å². The average molecular weight is 657 g/mol. The minimum atomic E-state index is -0.838. The van der Waals surface area contributed by atoms with E-state index in [4.69, 9.17) is 9.15 Å². The van der Waals surface area contributed by atoms with Crippen LogP contribution in [0.4, 0.5) is 0 Å². The summed E-state index contributed by atoms with van der Waals surface area (Å²) in [6, 6.07) is 16.1. The highest BCUT2D eigenvalue weighted by Crippen LogP contribution is 2.22. The van der Waals surface area contributed by atoms with Gasteiger partial charge in [-0.1, -0.05) is 67.5 Å². The van der Waals surface area contributed by atoms with Gasteiger partial charge in [0.1, 0.15) is 11.4 Å². The van der Waals surface area contributed by atoms with E-state index in [1.165, 1.54) is 22.5 Å². The molecule has 0 saturated carbocycles. The van der Waals surface area contributed by atoms with Crippen molar-refractivity contribution in [2.24, 2.45) is 0 Å². The molecule has 5 heterocycles. The molecule has 0 unspecified atom stereocenters. The number of nitrogens with zero attached hydrogens (tertiary/aromatic N) is 3. The van der Waals surface area contributed by atoms with Crippen molar-refractivity contribution in [3.63, 3.8) is 0 Å². The monoisotopic (exact) mass is 656 g/mol. The summed E-state index contributed by atoms with van der Waals surface area (Å²) in [5, 5.41) is 9.66. The van der Waals surface area contributed by atoms with Gasteiger partial charge in [0.15, 0.2) is 5.58 Å². The maximum atomic E-state index is 9.66. The molecule has 0 aliphatic heterocycles. The van der Waals surface area contributed by atoms with Crippen LogP contribution in [-0.2, 0) is 5.60 Å². The SMILES string of the molecule is CC(C)c1cc2occc2[nH]1.CC(C)c1ccc(C(C)(C)O)nc1.Cc1ccc(C(C)C)nc1.Cc1nc(C(C)C)ccc1OC(C)C. The first kappa shape index (κ1) is 40.2. The van der Waals surface area contributed by atoms with Gasteiger partial charge in [0.05, 0.1) is 29.3 Å². The van der Waals surface area contributed by atoms with E-state index in [9.17, 15) is 5.11 Å². The summed E-state index contributed by atoms with van der Waals surface area (Å²) in [6.45, 7) is 28.7. The van der Waals surface area contributed by atoms with Crippen molar-refractivity contribution in [2.75, 3.05) is 0 Å². The van der Waals surface area contributed by atoms with Gasteiger partial charge in [0.25, 0.3) is 0 Å². The van der Waals surface area contributed by atoms with Gasteiger partial charge in [-0.2, -0.15) is 0 Å². The second-order valence-corrected chi connectivity index (χ2v) is 14.3. The minimum absolute atomic E-state index is 0.209. The van der Waals surface area contributed by atoms with Gasteiger partial charge in [0.2, 0.25) is 0 Å². The Bertz CT molecular complexity index is 1590. The Morgan fingerprint density at radius 2 is 1.38 bits per heavy atom. The molecule has 0 aliphatic rings. The molecule has 0 amide bonds. The van der Waals surface area contributed by atoms with Crippen molar-refractivity contribution < 1.29 is 14.3 Å². The molecule has 7 nitrogen and oxygen atoms in total. The molecular weight excluding hydrogens is 596 g/mol. The van der Waals surface area contributed by atoms with Gasteiger partial charge in [-0.3, -0.25) is 15.0 Å². The predicted octanol–water partition coefficient (Wildman–Crippen LogP) is 11.1. The zero-order chi connectivity index (χ0) is 36.2. The molecule has 0 atom stereocenters. The summed E-state index contributed by atoms with van der Waals surface area (Å²) in [7, 11) is 0. The van der Waals surface area contributed by atoms with Crippen LogP contribution in [0.2, 0.25) is 0 Å². The molecule has 262 valence electrons. The Morgan fingerprint density at radius 1 is 0.729 bits per heavy atom. The third-order valence-corrected chi connectivity index (χ3v) is 7.50. The lowest BCUT2D eigenvalue weighted by atomic mass is 10.0. The number of nitrogens with one attached hydrogen (secondary N) is 1. The molecule has 0 aromatic carbocycles. The molecule has 0 saturated heterocycles. The van der Waals surface area contributed by atoms with E-state index >= 15 is 0 Å². The van der Waals surface area contributed by atoms with Gasteiger partial charge in [0, 0.05) is 41.6 Å². The number of hydrogen-bond acceptors (Lipinski definition) is 6. The molecule has 5 aromatic rings. The molecule has 48 heavy (non-hydrogen) atoms. The number of aliphatic hydroxyl groups is 1. The number of rotatable bonds is 7. The van der Waals surface area contributed by atoms with Crippen LogP contribution in [-0.4, -0.2) is 31.1 Å². The van der Waals surface area contributed by atoms with E-state index in [0.29, 0.717) is 23.7 Å². The lowest BCUT2D eigenvalue weighted by molar-refractivity contribution is 0.0738. The number of aromatic nitrogens is 4. The van der Waals surface area contributed by atoms with Gasteiger partial charge in [-0.15, -0.1) is 0 Å². The van der Waals surface area contributed by atoms with Crippen LogP contribution in [0.25, 0.3) is 11.1 Å². The normalized spacial score (nSPS) is 11.3. The van der Waals surface area contributed by atoms with Crippen LogP contribution < -0.4 is 4.74 Å². The lowest BCUT2D eigenvalue weighted by Gasteiger charge is -2.16. The first-order valence-electron chi connectivity index (χ1n) is 17.2. The predicted molar refractivity (Wildman–Crippen MR) is 200 cm³/mol. The topological polar surface area (TPSA) is 97.1 Å². The smallest absolute Gasteiger partial charge is 0.151 e. The number of furan rings is 1. The van der Waals surface area contributed by atoms with E-state index in [2.05, 4.69) is 100 Å². The first-order valence-corrected chi connectivity index (χ1v) is 17.2. The van der Waals surface area contributed by atoms with Crippen molar-refractivity contribution in [1.29, 1.82) is 0 Å². The number of ether oxygens (including phenoxy) is 1. The van der Waals surface area contributed by atoms with Crippen molar-refractivity contribution in [1.82, 2.24) is 19.9 Å². The highest BCUT2D eigenvalue weighted by Gasteiger charge is 2.17. The number of hydrogen-bond donors (Lipinski definition) is 2. The van der Waals surface area contributed by atoms with E-state index in [1.807, 2.05) is 63.5 Å². The summed E-state index contributed by atoms with van der Waals surface area (Å²) in [6.07, 6.45) is 5.65. The zero-order valence-electron chi connectivity index (χ0n) is 31.8. The summed E-state index contributed by atoms with van der Waals surface area (Å²) in [4.78, 5) is 16.3. The molecule has 7 heteroatoms. The third kappa shape index (κ3) is 13.3. The quantitative estimate of drug-likeness (QED) is 0.181. The van der Waals surface area contributed by atoms with Gasteiger partial charge >= 0.3 is 0 Å². The van der Waals surface area contributed by atoms with E-state index in [-0.39, 0.29) is 6.10 Å². The minimum Gasteiger partial charge on any atom is -0.489 e. The van der Waals surface area contributed by atoms with Gasteiger partial charge in [-0.05, 0) is 101 Å². The fourth-order valence-corrected chi connectivity index (χ4v) is 4.38. The Kier molecular flexibility index (Phi) is 15.5. The Labute approximate surface area is 289 Å². The van der Waals surface area contributed by atoms with Crippen molar-refractivity contribution >= 4 is 11.1 Å².